The third kappa shape index (κ3) is 5.42. The van der Waals surface area contributed by atoms with Gasteiger partial charge in [-0.3, -0.25) is 4.79 Å². The van der Waals surface area contributed by atoms with Crippen LogP contribution in [0.4, 0.5) is 5.82 Å². The second-order valence-corrected chi connectivity index (χ2v) is 5.81. The van der Waals surface area contributed by atoms with E-state index in [1.807, 2.05) is 34.6 Å². The van der Waals surface area contributed by atoms with Crippen LogP contribution in [0.3, 0.4) is 0 Å². The van der Waals surface area contributed by atoms with Gasteiger partial charge in [0, 0.05) is 30.9 Å². The van der Waals surface area contributed by atoms with Gasteiger partial charge >= 0.3 is 0 Å². The zero-order valence-electron chi connectivity index (χ0n) is 12.9. The molecule has 1 rings (SSSR count). The lowest BCUT2D eigenvalue weighted by Crippen LogP contribution is -2.37. The standard InChI is InChI=1S/C14H24N4O2/c1-10(2)20-12-11(15-6-8-17-12)16-7-9-18-13(19)14(3,4)5/h6,8,10H,7,9H2,1-5H3,(H,15,16)(H,18,19). The number of anilines is 1. The molecule has 1 aromatic heterocycles. The SMILES string of the molecule is CC(C)Oc1nccnc1NCCNC(=O)C(C)(C)C. The van der Waals surface area contributed by atoms with Crippen LogP contribution in [0, 0.1) is 5.41 Å². The van der Waals surface area contributed by atoms with E-state index in [-0.39, 0.29) is 17.4 Å². The highest BCUT2D eigenvalue weighted by molar-refractivity contribution is 5.81. The molecule has 0 atom stereocenters. The first-order valence-electron chi connectivity index (χ1n) is 6.80. The summed E-state index contributed by atoms with van der Waals surface area (Å²) in [7, 11) is 0. The van der Waals surface area contributed by atoms with Crippen molar-refractivity contribution < 1.29 is 9.53 Å². The number of aromatic nitrogens is 2. The molecule has 20 heavy (non-hydrogen) atoms. The van der Waals surface area contributed by atoms with E-state index in [1.165, 1.54) is 0 Å². The molecule has 6 heteroatoms. The quantitative estimate of drug-likeness (QED) is 0.778. The van der Waals surface area contributed by atoms with Gasteiger partial charge in [0.25, 0.3) is 5.88 Å². The summed E-state index contributed by atoms with van der Waals surface area (Å²) in [5.41, 5.74) is -0.377. The van der Waals surface area contributed by atoms with Gasteiger partial charge in [-0.2, -0.15) is 0 Å². The van der Waals surface area contributed by atoms with Crippen molar-refractivity contribution in [2.75, 3.05) is 18.4 Å². The lowest BCUT2D eigenvalue weighted by Gasteiger charge is -2.18. The van der Waals surface area contributed by atoms with Crippen LogP contribution in [0.2, 0.25) is 0 Å². The molecule has 0 aliphatic carbocycles. The molecule has 0 aromatic carbocycles. The third-order valence-electron chi connectivity index (χ3n) is 2.40. The average Bonchev–Trinajstić information content (AvgIpc) is 2.34. The number of carbonyl (C=O) groups is 1. The summed E-state index contributed by atoms with van der Waals surface area (Å²) in [6.07, 6.45) is 3.22. The summed E-state index contributed by atoms with van der Waals surface area (Å²) in [6.45, 7) is 10.6. The number of carbonyl (C=O) groups excluding carboxylic acids is 1. The van der Waals surface area contributed by atoms with Gasteiger partial charge in [0.05, 0.1) is 6.10 Å². The van der Waals surface area contributed by atoms with Crippen LogP contribution in [-0.4, -0.2) is 35.1 Å². The monoisotopic (exact) mass is 280 g/mol. The van der Waals surface area contributed by atoms with Gasteiger partial charge in [-0.15, -0.1) is 0 Å². The van der Waals surface area contributed by atoms with Gasteiger partial charge in [-0.05, 0) is 13.8 Å². The molecule has 0 bridgehead atoms. The molecule has 1 amide bonds. The first-order valence-corrected chi connectivity index (χ1v) is 6.80. The smallest absolute Gasteiger partial charge is 0.257 e. The van der Waals surface area contributed by atoms with E-state index in [4.69, 9.17) is 4.74 Å². The average molecular weight is 280 g/mol. The first kappa shape index (κ1) is 16.2. The zero-order valence-corrected chi connectivity index (χ0v) is 12.9. The Balaban J connectivity index is 2.44. The zero-order chi connectivity index (χ0) is 15.2. The van der Waals surface area contributed by atoms with E-state index in [2.05, 4.69) is 20.6 Å². The maximum atomic E-state index is 11.7. The molecular formula is C14H24N4O2. The van der Waals surface area contributed by atoms with Gasteiger partial charge < -0.3 is 15.4 Å². The summed E-state index contributed by atoms with van der Waals surface area (Å²) < 4.78 is 5.55. The summed E-state index contributed by atoms with van der Waals surface area (Å²) in [6, 6.07) is 0. The van der Waals surface area contributed by atoms with Crippen molar-refractivity contribution in [3.63, 3.8) is 0 Å². The van der Waals surface area contributed by atoms with E-state index in [9.17, 15) is 4.79 Å². The number of rotatable bonds is 6. The molecule has 1 heterocycles. The molecule has 0 saturated carbocycles. The Morgan fingerprint density at radius 2 is 1.90 bits per heavy atom. The number of hydrogen-bond donors (Lipinski definition) is 2. The second kappa shape index (κ2) is 7.07. The van der Waals surface area contributed by atoms with Gasteiger partial charge in [-0.25, -0.2) is 9.97 Å². The fourth-order valence-corrected chi connectivity index (χ4v) is 1.38. The molecule has 0 fully saturated rings. The number of nitrogens with zero attached hydrogens (tertiary/aromatic N) is 2. The number of ether oxygens (including phenoxy) is 1. The molecule has 6 nitrogen and oxygen atoms in total. The molecule has 0 radical (unpaired) electrons. The normalized spacial score (nSPS) is 11.3. The van der Waals surface area contributed by atoms with Gasteiger partial charge in [0.15, 0.2) is 5.82 Å². The highest BCUT2D eigenvalue weighted by Crippen LogP contribution is 2.18. The maximum Gasteiger partial charge on any atom is 0.257 e. The lowest BCUT2D eigenvalue weighted by molar-refractivity contribution is -0.128. The number of nitrogens with one attached hydrogen (secondary N) is 2. The Morgan fingerprint density at radius 3 is 2.50 bits per heavy atom. The Hall–Kier alpha value is -1.85. The molecule has 2 N–H and O–H groups in total. The molecule has 0 aliphatic rings. The van der Waals surface area contributed by atoms with Crippen LogP contribution in [-0.2, 0) is 4.79 Å². The van der Waals surface area contributed by atoms with Gasteiger partial charge in [-0.1, -0.05) is 20.8 Å². The van der Waals surface area contributed by atoms with Crippen molar-refractivity contribution in [3.05, 3.63) is 12.4 Å². The minimum Gasteiger partial charge on any atom is -0.472 e. The summed E-state index contributed by atoms with van der Waals surface area (Å²) >= 11 is 0. The van der Waals surface area contributed by atoms with Crippen LogP contribution in [0.15, 0.2) is 12.4 Å². The summed E-state index contributed by atoms with van der Waals surface area (Å²) in [4.78, 5) is 20.0. The highest BCUT2D eigenvalue weighted by Gasteiger charge is 2.20. The summed E-state index contributed by atoms with van der Waals surface area (Å²) in [5, 5.41) is 5.97. The van der Waals surface area contributed by atoms with Crippen molar-refractivity contribution in [2.24, 2.45) is 5.41 Å². The van der Waals surface area contributed by atoms with Crippen molar-refractivity contribution >= 4 is 11.7 Å². The van der Waals surface area contributed by atoms with Crippen molar-refractivity contribution in [1.82, 2.24) is 15.3 Å². The van der Waals surface area contributed by atoms with E-state index in [1.54, 1.807) is 12.4 Å². The van der Waals surface area contributed by atoms with Crippen LogP contribution in [0.5, 0.6) is 5.88 Å². The predicted molar refractivity (Wildman–Crippen MR) is 78.8 cm³/mol. The molecular weight excluding hydrogens is 256 g/mol. The van der Waals surface area contributed by atoms with E-state index in [0.29, 0.717) is 24.8 Å². The fraction of sp³-hybridized carbons (Fsp3) is 0.643. The minimum atomic E-state index is -0.377. The third-order valence-corrected chi connectivity index (χ3v) is 2.40. The highest BCUT2D eigenvalue weighted by atomic mass is 16.5. The van der Waals surface area contributed by atoms with E-state index in [0.717, 1.165) is 0 Å². The minimum absolute atomic E-state index is 0.0251. The van der Waals surface area contributed by atoms with Crippen LogP contribution >= 0.6 is 0 Å². The van der Waals surface area contributed by atoms with E-state index < -0.39 is 0 Å². The Bertz CT molecular complexity index is 441. The maximum absolute atomic E-state index is 11.7. The topological polar surface area (TPSA) is 76.1 Å². The number of amides is 1. The van der Waals surface area contributed by atoms with Gasteiger partial charge in [0.1, 0.15) is 0 Å². The molecule has 0 aliphatic heterocycles. The fourth-order valence-electron chi connectivity index (χ4n) is 1.38. The van der Waals surface area contributed by atoms with Crippen LogP contribution in [0.25, 0.3) is 0 Å². The second-order valence-electron chi connectivity index (χ2n) is 5.81. The molecule has 0 spiro atoms. The largest absolute Gasteiger partial charge is 0.472 e. The van der Waals surface area contributed by atoms with Crippen molar-refractivity contribution in [1.29, 1.82) is 0 Å². The van der Waals surface area contributed by atoms with Crippen LogP contribution in [0.1, 0.15) is 34.6 Å². The molecule has 112 valence electrons. The Labute approximate surface area is 120 Å². The van der Waals surface area contributed by atoms with Crippen molar-refractivity contribution in [2.45, 2.75) is 40.7 Å². The molecule has 0 saturated heterocycles. The van der Waals surface area contributed by atoms with E-state index >= 15 is 0 Å². The Kier molecular flexibility index (Phi) is 5.73. The molecule has 1 aromatic rings. The van der Waals surface area contributed by atoms with Crippen molar-refractivity contribution in [3.8, 4) is 5.88 Å². The first-order chi connectivity index (χ1) is 9.30. The predicted octanol–water partition coefficient (Wildman–Crippen LogP) is 1.84. The Morgan fingerprint density at radius 1 is 1.25 bits per heavy atom. The lowest BCUT2D eigenvalue weighted by atomic mass is 9.96. The molecule has 0 unspecified atom stereocenters. The van der Waals surface area contributed by atoms with Crippen LogP contribution < -0.4 is 15.4 Å². The van der Waals surface area contributed by atoms with Gasteiger partial charge in [0.2, 0.25) is 5.91 Å². The number of hydrogen-bond acceptors (Lipinski definition) is 5. The summed E-state index contributed by atoms with van der Waals surface area (Å²) in [5.74, 6) is 1.09.